The van der Waals surface area contributed by atoms with Crippen molar-refractivity contribution in [1.29, 1.82) is 0 Å². The lowest BCUT2D eigenvalue weighted by atomic mass is 9.97. The first kappa shape index (κ1) is 19.9. The number of hydrogen-bond donors (Lipinski definition) is 1. The highest BCUT2D eigenvalue weighted by Gasteiger charge is 2.33. The van der Waals surface area contributed by atoms with E-state index in [9.17, 15) is 13.2 Å². The van der Waals surface area contributed by atoms with Crippen molar-refractivity contribution in [2.75, 3.05) is 27.2 Å². The van der Waals surface area contributed by atoms with Crippen molar-refractivity contribution >= 4 is 16.1 Å². The van der Waals surface area contributed by atoms with Gasteiger partial charge in [0.2, 0.25) is 5.91 Å². The summed E-state index contributed by atoms with van der Waals surface area (Å²) in [4.78, 5) is 12.6. The number of hydrogen-bond acceptors (Lipinski definition) is 3. The van der Waals surface area contributed by atoms with E-state index in [2.05, 4.69) is 31.3 Å². The fourth-order valence-electron chi connectivity index (χ4n) is 3.05. The highest BCUT2D eigenvalue weighted by Crippen LogP contribution is 2.22. The first-order valence-corrected chi connectivity index (χ1v) is 10.1. The lowest BCUT2D eigenvalue weighted by Gasteiger charge is -2.33. The van der Waals surface area contributed by atoms with E-state index in [1.807, 2.05) is 13.0 Å². The molecule has 1 saturated heterocycles. The summed E-state index contributed by atoms with van der Waals surface area (Å²) in [6.07, 6.45) is 1.41. The molecule has 0 bridgehead atoms. The molecule has 7 heteroatoms. The van der Waals surface area contributed by atoms with Crippen LogP contribution in [0.1, 0.15) is 42.5 Å². The van der Waals surface area contributed by atoms with E-state index < -0.39 is 10.2 Å². The Morgan fingerprint density at radius 3 is 2.56 bits per heavy atom. The lowest BCUT2D eigenvalue weighted by Crippen LogP contribution is -2.49. The number of piperidine rings is 1. The number of carbonyl (C=O) groups is 1. The number of nitrogens with one attached hydrogen (secondary N) is 1. The highest BCUT2D eigenvalue weighted by atomic mass is 32.2. The van der Waals surface area contributed by atoms with Crippen molar-refractivity contribution in [3.05, 3.63) is 34.9 Å². The second-order valence-electron chi connectivity index (χ2n) is 7.06. The van der Waals surface area contributed by atoms with Gasteiger partial charge in [-0.2, -0.15) is 17.0 Å². The van der Waals surface area contributed by atoms with Crippen LogP contribution in [-0.2, 0) is 15.0 Å². The Morgan fingerprint density at radius 1 is 1.28 bits per heavy atom. The molecule has 1 fully saturated rings. The number of carbonyl (C=O) groups excluding carboxylic acids is 1. The van der Waals surface area contributed by atoms with Crippen LogP contribution in [0.4, 0.5) is 0 Å². The van der Waals surface area contributed by atoms with Crippen LogP contribution in [0, 0.1) is 19.8 Å². The smallest absolute Gasteiger partial charge is 0.281 e. The van der Waals surface area contributed by atoms with Gasteiger partial charge in [-0.1, -0.05) is 18.2 Å². The van der Waals surface area contributed by atoms with E-state index in [0.29, 0.717) is 19.4 Å². The van der Waals surface area contributed by atoms with Gasteiger partial charge in [-0.3, -0.25) is 4.79 Å². The third-order valence-electron chi connectivity index (χ3n) is 4.93. The van der Waals surface area contributed by atoms with E-state index >= 15 is 0 Å². The monoisotopic (exact) mass is 367 g/mol. The predicted octanol–water partition coefficient (Wildman–Crippen LogP) is 2.00. The molecule has 0 unspecified atom stereocenters. The summed E-state index contributed by atoms with van der Waals surface area (Å²) in [5.74, 6) is -0.387. The average Bonchev–Trinajstić information content (AvgIpc) is 2.57. The molecular formula is C18H29N3O3S. The Labute approximate surface area is 151 Å². The van der Waals surface area contributed by atoms with Gasteiger partial charge in [-0.25, -0.2) is 0 Å². The first-order chi connectivity index (χ1) is 11.6. The molecule has 1 aromatic rings. The molecule has 0 saturated carbocycles. The van der Waals surface area contributed by atoms with Crippen molar-refractivity contribution in [2.45, 2.75) is 39.7 Å². The fourth-order valence-corrected chi connectivity index (χ4v) is 4.24. The Balaban J connectivity index is 2.03. The zero-order chi connectivity index (χ0) is 18.8. The summed E-state index contributed by atoms with van der Waals surface area (Å²) >= 11 is 0. The molecule has 0 spiro atoms. The van der Waals surface area contributed by atoms with E-state index in [4.69, 9.17) is 0 Å². The second kappa shape index (κ2) is 7.85. The molecule has 1 aliphatic heterocycles. The van der Waals surface area contributed by atoms with Crippen LogP contribution in [0.15, 0.2) is 18.2 Å². The average molecular weight is 368 g/mol. The lowest BCUT2D eigenvalue weighted by molar-refractivity contribution is -0.126. The van der Waals surface area contributed by atoms with Gasteiger partial charge >= 0.3 is 0 Å². The zero-order valence-corrected chi connectivity index (χ0v) is 16.6. The Bertz CT molecular complexity index is 731. The molecular weight excluding hydrogens is 338 g/mol. The predicted molar refractivity (Wildman–Crippen MR) is 99.4 cm³/mol. The van der Waals surface area contributed by atoms with Crippen molar-refractivity contribution in [2.24, 2.45) is 5.92 Å². The van der Waals surface area contributed by atoms with Gasteiger partial charge in [0, 0.05) is 27.2 Å². The van der Waals surface area contributed by atoms with Gasteiger partial charge in [-0.15, -0.1) is 0 Å². The molecule has 0 radical (unpaired) electrons. The Morgan fingerprint density at radius 2 is 1.96 bits per heavy atom. The largest absolute Gasteiger partial charge is 0.349 e. The molecule has 2 rings (SSSR count). The van der Waals surface area contributed by atoms with Crippen LogP contribution in [0.2, 0.25) is 0 Å². The van der Waals surface area contributed by atoms with Gasteiger partial charge in [0.15, 0.2) is 0 Å². The van der Waals surface area contributed by atoms with Crippen LogP contribution in [-0.4, -0.2) is 50.1 Å². The molecule has 0 aromatic heterocycles. The van der Waals surface area contributed by atoms with E-state index in [1.54, 1.807) is 0 Å². The molecule has 0 aliphatic carbocycles. The number of amides is 1. The third-order valence-corrected chi connectivity index (χ3v) is 6.84. The molecule has 140 valence electrons. The van der Waals surface area contributed by atoms with Gasteiger partial charge < -0.3 is 5.32 Å². The van der Waals surface area contributed by atoms with Crippen LogP contribution >= 0.6 is 0 Å². The number of benzene rings is 1. The van der Waals surface area contributed by atoms with E-state index in [0.717, 1.165) is 5.56 Å². The zero-order valence-electron chi connectivity index (χ0n) is 15.7. The van der Waals surface area contributed by atoms with E-state index in [-0.39, 0.29) is 24.4 Å². The minimum Gasteiger partial charge on any atom is -0.349 e. The van der Waals surface area contributed by atoms with Crippen LogP contribution in [0.25, 0.3) is 0 Å². The maximum Gasteiger partial charge on any atom is 0.281 e. The molecule has 1 amide bonds. The van der Waals surface area contributed by atoms with Crippen LogP contribution < -0.4 is 5.32 Å². The minimum atomic E-state index is -3.47. The molecule has 1 aromatic carbocycles. The van der Waals surface area contributed by atoms with Crippen molar-refractivity contribution in [3.63, 3.8) is 0 Å². The molecule has 1 aliphatic rings. The standard InChI is InChI=1S/C18H29N3O3S/c1-13-8-9-16(11-14(13)2)15(3)19-18(22)17-7-6-10-21(12-17)25(23,24)20(4)5/h8-9,11,15,17H,6-7,10,12H2,1-5H3,(H,19,22)/t15-,17+/m1/s1. The maximum absolute atomic E-state index is 12.6. The fraction of sp³-hybridized carbons (Fsp3) is 0.611. The van der Waals surface area contributed by atoms with E-state index in [1.165, 1.54) is 33.8 Å². The Kier molecular flexibility index (Phi) is 6.24. The van der Waals surface area contributed by atoms with Crippen LogP contribution in [0.3, 0.4) is 0 Å². The molecule has 2 atom stereocenters. The Hall–Kier alpha value is -1.44. The number of nitrogens with zero attached hydrogens (tertiary/aromatic N) is 2. The normalized spacial score (nSPS) is 20.5. The number of aryl methyl sites for hydroxylation is 2. The van der Waals surface area contributed by atoms with Gasteiger partial charge in [-0.05, 0) is 50.3 Å². The highest BCUT2D eigenvalue weighted by molar-refractivity contribution is 7.86. The summed E-state index contributed by atoms with van der Waals surface area (Å²) in [5.41, 5.74) is 3.48. The minimum absolute atomic E-state index is 0.0793. The van der Waals surface area contributed by atoms with Gasteiger partial charge in [0.1, 0.15) is 0 Å². The third kappa shape index (κ3) is 4.59. The quantitative estimate of drug-likeness (QED) is 0.865. The number of rotatable bonds is 5. The summed E-state index contributed by atoms with van der Waals surface area (Å²) in [5, 5.41) is 3.04. The summed E-state index contributed by atoms with van der Waals surface area (Å²) in [6, 6.07) is 6.06. The van der Waals surface area contributed by atoms with Crippen molar-refractivity contribution < 1.29 is 13.2 Å². The second-order valence-corrected chi connectivity index (χ2v) is 9.20. The van der Waals surface area contributed by atoms with Crippen molar-refractivity contribution in [1.82, 2.24) is 13.9 Å². The molecule has 1 N–H and O–H groups in total. The molecule has 1 heterocycles. The molecule has 25 heavy (non-hydrogen) atoms. The van der Waals surface area contributed by atoms with Crippen LogP contribution in [0.5, 0.6) is 0 Å². The van der Waals surface area contributed by atoms with Crippen molar-refractivity contribution in [3.8, 4) is 0 Å². The first-order valence-electron chi connectivity index (χ1n) is 8.68. The summed E-state index contributed by atoms with van der Waals surface area (Å²) < 4.78 is 27.2. The van der Waals surface area contributed by atoms with Gasteiger partial charge in [0.25, 0.3) is 10.2 Å². The SMILES string of the molecule is Cc1ccc([C@@H](C)NC(=O)[C@H]2CCCN(S(=O)(=O)N(C)C)C2)cc1C. The summed E-state index contributed by atoms with van der Waals surface area (Å²) in [6.45, 7) is 6.78. The summed E-state index contributed by atoms with van der Waals surface area (Å²) in [7, 11) is -0.441. The maximum atomic E-state index is 12.6. The van der Waals surface area contributed by atoms with Gasteiger partial charge in [0.05, 0.1) is 12.0 Å². The molecule has 6 nitrogen and oxygen atoms in total. The topological polar surface area (TPSA) is 69.7 Å².